The van der Waals surface area contributed by atoms with Crippen molar-refractivity contribution in [3.8, 4) is 0 Å². The number of pyridine rings is 1. The van der Waals surface area contributed by atoms with Crippen LogP contribution in [-0.4, -0.2) is 33.5 Å². The fourth-order valence-corrected chi connectivity index (χ4v) is 2.16. The van der Waals surface area contributed by atoms with E-state index in [0.29, 0.717) is 0 Å². The Balaban J connectivity index is 2.24. The van der Waals surface area contributed by atoms with Crippen molar-refractivity contribution in [2.24, 2.45) is 4.99 Å². The van der Waals surface area contributed by atoms with Crippen molar-refractivity contribution in [3.63, 3.8) is 0 Å². The average molecular weight is 257 g/mol. The van der Waals surface area contributed by atoms with Gasteiger partial charge in [-0.2, -0.15) is 5.10 Å². The van der Waals surface area contributed by atoms with Crippen LogP contribution in [0.3, 0.4) is 0 Å². The molecular weight excluding hydrogens is 238 g/mol. The first kappa shape index (κ1) is 12.1. The van der Waals surface area contributed by atoms with Gasteiger partial charge in [0.05, 0.1) is 12.1 Å². The number of fused-ring (bicyclic) bond motifs is 1. The molecule has 5 heteroatoms. The lowest BCUT2D eigenvalue weighted by Crippen LogP contribution is -2.20. The van der Waals surface area contributed by atoms with Crippen LogP contribution >= 0.6 is 0 Å². The van der Waals surface area contributed by atoms with Crippen molar-refractivity contribution in [1.82, 2.24) is 19.9 Å². The Morgan fingerprint density at radius 2 is 2.05 bits per heavy atom. The van der Waals surface area contributed by atoms with E-state index in [-0.39, 0.29) is 5.41 Å². The van der Waals surface area contributed by atoms with Gasteiger partial charge in [-0.05, 0) is 19.1 Å². The molecule has 0 amide bonds. The Hall–Kier alpha value is -1.91. The number of aryl methyl sites for hydroxylation is 1. The predicted octanol–water partition coefficient (Wildman–Crippen LogP) is 1.69. The fraction of sp³-hybridized carbons (Fsp3) is 0.500. The molecule has 0 aromatic carbocycles. The van der Waals surface area contributed by atoms with Crippen LogP contribution in [-0.2, 0) is 5.41 Å². The molecule has 0 bridgehead atoms. The Labute approximate surface area is 112 Å². The summed E-state index contributed by atoms with van der Waals surface area (Å²) in [6, 6.07) is 4.13. The van der Waals surface area contributed by atoms with Gasteiger partial charge in [-0.3, -0.25) is 4.99 Å². The highest BCUT2D eigenvalue weighted by atomic mass is 15.3. The number of nitrogens with zero attached hydrogens (tertiary/aromatic N) is 4. The molecule has 3 heterocycles. The summed E-state index contributed by atoms with van der Waals surface area (Å²) in [6.45, 7) is 10.2. The summed E-state index contributed by atoms with van der Waals surface area (Å²) in [5.41, 5.74) is 2.95. The van der Waals surface area contributed by atoms with E-state index in [1.807, 2.05) is 11.4 Å². The molecule has 0 saturated carbocycles. The zero-order valence-electron chi connectivity index (χ0n) is 11.9. The van der Waals surface area contributed by atoms with Crippen LogP contribution in [0.15, 0.2) is 17.1 Å². The van der Waals surface area contributed by atoms with E-state index in [1.165, 1.54) is 0 Å². The summed E-state index contributed by atoms with van der Waals surface area (Å²) in [5.74, 6) is 1.79. The smallest absolute Gasteiger partial charge is 0.166 e. The van der Waals surface area contributed by atoms with E-state index in [4.69, 9.17) is 4.98 Å². The molecule has 0 radical (unpaired) electrons. The number of rotatable bonds is 1. The van der Waals surface area contributed by atoms with Crippen molar-refractivity contribution >= 4 is 11.5 Å². The van der Waals surface area contributed by atoms with Crippen LogP contribution in [0.2, 0.25) is 0 Å². The van der Waals surface area contributed by atoms with E-state index in [9.17, 15) is 0 Å². The molecule has 0 spiro atoms. The van der Waals surface area contributed by atoms with E-state index in [2.05, 4.69) is 48.3 Å². The zero-order chi connectivity index (χ0) is 13.6. The SMILES string of the molecule is Cc1ccc(C2=NCCN2)c2nc(C(C)(C)C)nn12. The van der Waals surface area contributed by atoms with Crippen LogP contribution in [0.4, 0.5) is 0 Å². The van der Waals surface area contributed by atoms with Gasteiger partial charge in [0, 0.05) is 17.7 Å². The minimum atomic E-state index is -0.0549. The van der Waals surface area contributed by atoms with E-state index in [0.717, 1.165) is 41.7 Å². The van der Waals surface area contributed by atoms with Crippen LogP contribution in [0, 0.1) is 6.92 Å². The first-order valence-electron chi connectivity index (χ1n) is 6.62. The second-order valence-corrected chi connectivity index (χ2v) is 5.97. The molecule has 1 N–H and O–H groups in total. The second kappa shape index (κ2) is 4.05. The van der Waals surface area contributed by atoms with Crippen molar-refractivity contribution in [2.75, 3.05) is 13.1 Å². The van der Waals surface area contributed by atoms with Gasteiger partial charge in [0.15, 0.2) is 11.5 Å². The molecule has 3 rings (SSSR count). The Morgan fingerprint density at radius 3 is 2.68 bits per heavy atom. The van der Waals surface area contributed by atoms with Crippen LogP contribution in [0.1, 0.15) is 37.9 Å². The first-order chi connectivity index (χ1) is 8.97. The zero-order valence-corrected chi connectivity index (χ0v) is 11.9. The molecule has 1 aliphatic heterocycles. The monoisotopic (exact) mass is 257 g/mol. The van der Waals surface area contributed by atoms with Crippen molar-refractivity contribution < 1.29 is 0 Å². The normalized spacial score (nSPS) is 15.7. The van der Waals surface area contributed by atoms with Crippen LogP contribution in [0.25, 0.3) is 5.65 Å². The van der Waals surface area contributed by atoms with Gasteiger partial charge in [0.1, 0.15) is 5.84 Å². The summed E-state index contributed by atoms with van der Waals surface area (Å²) >= 11 is 0. The summed E-state index contributed by atoms with van der Waals surface area (Å²) in [7, 11) is 0. The molecule has 0 fully saturated rings. The molecule has 0 unspecified atom stereocenters. The van der Waals surface area contributed by atoms with Gasteiger partial charge in [0.2, 0.25) is 0 Å². The number of hydrogen-bond acceptors (Lipinski definition) is 4. The van der Waals surface area contributed by atoms with Crippen LogP contribution in [0.5, 0.6) is 0 Å². The van der Waals surface area contributed by atoms with E-state index < -0.39 is 0 Å². The highest BCUT2D eigenvalue weighted by molar-refractivity contribution is 6.04. The van der Waals surface area contributed by atoms with E-state index >= 15 is 0 Å². The third-order valence-electron chi connectivity index (χ3n) is 3.27. The maximum atomic E-state index is 4.72. The molecule has 19 heavy (non-hydrogen) atoms. The van der Waals surface area contributed by atoms with E-state index in [1.54, 1.807) is 0 Å². The number of nitrogens with one attached hydrogen (secondary N) is 1. The number of amidine groups is 1. The third kappa shape index (κ3) is 1.99. The standard InChI is InChI=1S/C14H19N5/c1-9-5-6-10(11-15-7-8-16-11)12-17-13(14(2,3)4)18-19(9)12/h5-6H,7-8H2,1-4H3,(H,15,16). The Bertz CT molecular complexity index is 660. The summed E-state index contributed by atoms with van der Waals surface area (Å²) < 4.78 is 1.92. The maximum Gasteiger partial charge on any atom is 0.166 e. The minimum Gasteiger partial charge on any atom is -0.368 e. The fourth-order valence-electron chi connectivity index (χ4n) is 2.16. The molecule has 1 aliphatic rings. The lowest BCUT2D eigenvalue weighted by molar-refractivity contribution is 0.544. The van der Waals surface area contributed by atoms with Gasteiger partial charge in [-0.15, -0.1) is 0 Å². The largest absolute Gasteiger partial charge is 0.368 e. The van der Waals surface area contributed by atoms with Gasteiger partial charge in [-0.25, -0.2) is 9.50 Å². The van der Waals surface area contributed by atoms with Gasteiger partial charge >= 0.3 is 0 Å². The van der Waals surface area contributed by atoms with Crippen molar-refractivity contribution in [3.05, 3.63) is 29.2 Å². The quantitative estimate of drug-likeness (QED) is 0.845. The Morgan fingerprint density at radius 1 is 1.26 bits per heavy atom. The average Bonchev–Trinajstić information content (AvgIpc) is 2.97. The number of aliphatic imine (C=N–C) groups is 1. The molecule has 2 aromatic rings. The Kier molecular flexibility index (Phi) is 2.59. The molecule has 0 atom stereocenters. The highest BCUT2D eigenvalue weighted by Gasteiger charge is 2.22. The summed E-state index contributed by atoms with van der Waals surface area (Å²) in [6.07, 6.45) is 0. The summed E-state index contributed by atoms with van der Waals surface area (Å²) in [4.78, 5) is 9.20. The van der Waals surface area contributed by atoms with Crippen molar-refractivity contribution in [1.29, 1.82) is 0 Å². The molecule has 0 aliphatic carbocycles. The van der Waals surface area contributed by atoms with Crippen LogP contribution < -0.4 is 5.32 Å². The molecule has 2 aromatic heterocycles. The third-order valence-corrected chi connectivity index (χ3v) is 3.27. The predicted molar refractivity (Wildman–Crippen MR) is 75.8 cm³/mol. The number of hydrogen-bond donors (Lipinski definition) is 1. The second-order valence-electron chi connectivity index (χ2n) is 5.97. The van der Waals surface area contributed by atoms with Crippen molar-refractivity contribution in [2.45, 2.75) is 33.1 Å². The molecule has 5 nitrogen and oxygen atoms in total. The first-order valence-corrected chi connectivity index (χ1v) is 6.62. The molecule has 100 valence electrons. The highest BCUT2D eigenvalue weighted by Crippen LogP contribution is 2.21. The molecule has 0 saturated heterocycles. The molecular formula is C14H19N5. The van der Waals surface area contributed by atoms with Gasteiger partial charge in [-0.1, -0.05) is 20.8 Å². The maximum absolute atomic E-state index is 4.72. The van der Waals surface area contributed by atoms with Gasteiger partial charge < -0.3 is 5.32 Å². The van der Waals surface area contributed by atoms with Gasteiger partial charge in [0.25, 0.3) is 0 Å². The topological polar surface area (TPSA) is 54.6 Å². The number of aromatic nitrogens is 3. The minimum absolute atomic E-state index is 0.0549. The summed E-state index contributed by atoms with van der Waals surface area (Å²) in [5, 5.41) is 7.94. The lowest BCUT2D eigenvalue weighted by atomic mass is 9.96. The lowest BCUT2D eigenvalue weighted by Gasteiger charge is -2.11.